The number of carbonyl (C=O) groups excluding carboxylic acids is 1. The smallest absolute Gasteiger partial charge is 0.436 e. The van der Waals surface area contributed by atoms with Gasteiger partial charge >= 0.3 is 6.09 Å². The molecule has 0 aliphatic carbocycles. The predicted octanol–water partition coefficient (Wildman–Crippen LogP) is 1.99. The van der Waals surface area contributed by atoms with Crippen LogP contribution in [0.1, 0.15) is 5.56 Å². The molecule has 1 aromatic carbocycles. The molecule has 0 heterocycles. The van der Waals surface area contributed by atoms with E-state index in [2.05, 4.69) is 9.73 Å². The fourth-order valence-corrected chi connectivity index (χ4v) is 0.949. The van der Waals surface area contributed by atoms with Crippen LogP contribution >= 0.6 is 0 Å². The monoisotopic (exact) mass is 211 g/mol. The second-order valence-corrected chi connectivity index (χ2v) is 2.60. The molecular formula is C10H10FNO3. The highest BCUT2D eigenvalue weighted by atomic mass is 19.1. The SMILES string of the molecule is COC(=O)/N=C(\OC)c1ccc(F)cc1. The molecule has 0 unspecified atom stereocenters. The van der Waals surface area contributed by atoms with Crippen molar-refractivity contribution in [2.45, 2.75) is 0 Å². The maximum Gasteiger partial charge on any atom is 0.436 e. The van der Waals surface area contributed by atoms with Gasteiger partial charge in [0.1, 0.15) is 5.82 Å². The van der Waals surface area contributed by atoms with Crippen LogP contribution in [0.25, 0.3) is 0 Å². The Morgan fingerprint density at radius 1 is 1.20 bits per heavy atom. The predicted molar refractivity (Wildman–Crippen MR) is 52.4 cm³/mol. The van der Waals surface area contributed by atoms with Gasteiger partial charge in [-0.15, -0.1) is 4.99 Å². The van der Waals surface area contributed by atoms with Gasteiger partial charge in [0.25, 0.3) is 0 Å². The van der Waals surface area contributed by atoms with Crippen molar-refractivity contribution < 1.29 is 18.7 Å². The average molecular weight is 211 g/mol. The van der Waals surface area contributed by atoms with E-state index in [0.29, 0.717) is 5.56 Å². The first-order valence-corrected chi connectivity index (χ1v) is 4.14. The number of rotatable bonds is 1. The summed E-state index contributed by atoms with van der Waals surface area (Å²) in [6, 6.07) is 5.42. The molecule has 5 heteroatoms. The van der Waals surface area contributed by atoms with Crippen LogP contribution in [-0.2, 0) is 9.47 Å². The Bertz CT molecular complexity index is 373. The fraction of sp³-hybridized carbons (Fsp3) is 0.200. The van der Waals surface area contributed by atoms with E-state index in [0.717, 1.165) is 0 Å². The maximum absolute atomic E-state index is 12.6. The van der Waals surface area contributed by atoms with Crippen molar-refractivity contribution in [3.8, 4) is 0 Å². The Hall–Kier alpha value is -1.91. The van der Waals surface area contributed by atoms with E-state index in [-0.39, 0.29) is 11.7 Å². The molecule has 0 saturated carbocycles. The van der Waals surface area contributed by atoms with Crippen LogP contribution in [0.4, 0.5) is 9.18 Å². The first-order valence-electron chi connectivity index (χ1n) is 4.14. The first kappa shape index (κ1) is 11.2. The second-order valence-electron chi connectivity index (χ2n) is 2.60. The average Bonchev–Trinajstić information content (AvgIpc) is 2.27. The zero-order chi connectivity index (χ0) is 11.3. The number of hydrogen-bond donors (Lipinski definition) is 0. The van der Waals surface area contributed by atoms with Crippen molar-refractivity contribution in [1.82, 2.24) is 0 Å². The number of aliphatic imine (C=N–C) groups is 1. The topological polar surface area (TPSA) is 47.9 Å². The number of benzene rings is 1. The molecule has 1 amide bonds. The molecule has 0 fully saturated rings. The molecular weight excluding hydrogens is 201 g/mol. The number of hydrogen-bond acceptors (Lipinski definition) is 3. The standard InChI is InChI=1S/C10H10FNO3/c1-14-9(12-10(13)15-2)7-3-5-8(11)6-4-7/h3-6H,1-2H3/b12-9-. The molecule has 80 valence electrons. The third-order valence-electron chi connectivity index (χ3n) is 1.65. The van der Waals surface area contributed by atoms with Crippen LogP contribution in [0.15, 0.2) is 29.3 Å². The molecule has 0 atom stereocenters. The minimum absolute atomic E-state index is 0.0850. The van der Waals surface area contributed by atoms with E-state index >= 15 is 0 Å². The van der Waals surface area contributed by atoms with Gasteiger partial charge in [-0.05, 0) is 24.3 Å². The normalized spacial score (nSPS) is 11.0. The third kappa shape index (κ3) is 3.05. The van der Waals surface area contributed by atoms with E-state index < -0.39 is 6.09 Å². The summed E-state index contributed by atoms with van der Waals surface area (Å²) < 4.78 is 21.8. The minimum Gasteiger partial charge on any atom is -0.480 e. The summed E-state index contributed by atoms with van der Waals surface area (Å²) in [6.45, 7) is 0. The third-order valence-corrected chi connectivity index (χ3v) is 1.65. The lowest BCUT2D eigenvalue weighted by Gasteiger charge is -2.03. The van der Waals surface area contributed by atoms with E-state index in [1.165, 1.54) is 38.5 Å². The van der Waals surface area contributed by atoms with Crippen LogP contribution in [0, 0.1) is 5.82 Å². The molecule has 0 aliphatic rings. The van der Waals surface area contributed by atoms with Crippen LogP contribution in [0.2, 0.25) is 0 Å². The molecule has 0 N–H and O–H groups in total. The Labute approximate surface area is 86.3 Å². The summed E-state index contributed by atoms with van der Waals surface area (Å²) >= 11 is 0. The van der Waals surface area contributed by atoms with Gasteiger partial charge in [0.05, 0.1) is 14.2 Å². The summed E-state index contributed by atoms with van der Waals surface area (Å²) in [5.74, 6) is -0.283. The molecule has 0 spiro atoms. The molecule has 0 radical (unpaired) electrons. The van der Waals surface area contributed by atoms with Crippen molar-refractivity contribution in [3.63, 3.8) is 0 Å². The number of nitrogens with zero attached hydrogens (tertiary/aromatic N) is 1. The number of carbonyl (C=O) groups is 1. The van der Waals surface area contributed by atoms with E-state index in [1.54, 1.807) is 0 Å². The van der Waals surface area contributed by atoms with E-state index in [9.17, 15) is 9.18 Å². The zero-order valence-electron chi connectivity index (χ0n) is 8.36. The fourth-order valence-electron chi connectivity index (χ4n) is 0.949. The summed E-state index contributed by atoms with van der Waals surface area (Å²) in [5.41, 5.74) is 0.504. The quantitative estimate of drug-likeness (QED) is 0.527. The first-order chi connectivity index (χ1) is 7.17. The minimum atomic E-state index is -0.767. The van der Waals surface area contributed by atoms with Crippen molar-refractivity contribution in [2.75, 3.05) is 14.2 Å². The molecule has 0 aromatic heterocycles. The van der Waals surface area contributed by atoms with Gasteiger partial charge in [-0.3, -0.25) is 0 Å². The van der Waals surface area contributed by atoms with Gasteiger partial charge in [-0.2, -0.15) is 0 Å². The summed E-state index contributed by atoms with van der Waals surface area (Å²) in [5, 5.41) is 0. The van der Waals surface area contributed by atoms with E-state index in [4.69, 9.17) is 4.74 Å². The molecule has 0 aliphatic heterocycles. The highest BCUT2D eigenvalue weighted by Crippen LogP contribution is 2.05. The van der Waals surface area contributed by atoms with Crippen LogP contribution < -0.4 is 0 Å². The van der Waals surface area contributed by atoms with Gasteiger partial charge in [-0.25, -0.2) is 9.18 Å². The lowest BCUT2D eigenvalue weighted by atomic mass is 10.2. The number of halogens is 1. The highest BCUT2D eigenvalue weighted by molar-refractivity contribution is 5.99. The largest absolute Gasteiger partial charge is 0.480 e. The summed E-state index contributed by atoms with van der Waals surface area (Å²) in [7, 11) is 2.58. The molecule has 15 heavy (non-hydrogen) atoms. The Morgan fingerprint density at radius 2 is 1.80 bits per heavy atom. The van der Waals surface area contributed by atoms with Gasteiger partial charge in [-0.1, -0.05) is 0 Å². The van der Waals surface area contributed by atoms with Crippen LogP contribution in [-0.4, -0.2) is 26.2 Å². The Morgan fingerprint density at radius 3 is 2.27 bits per heavy atom. The number of amides is 1. The van der Waals surface area contributed by atoms with Crippen molar-refractivity contribution in [3.05, 3.63) is 35.6 Å². The van der Waals surface area contributed by atoms with Gasteiger partial charge in [0.2, 0.25) is 5.90 Å². The van der Waals surface area contributed by atoms with Crippen molar-refractivity contribution >= 4 is 12.0 Å². The molecule has 1 rings (SSSR count). The van der Waals surface area contributed by atoms with Crippen LogP contribution in [0.3, 0.4) is 0 Å². The van der Waals surface area contributed by atoms with Crippen molar-refractivity contribution in [1.29, 1.82) is 0 Å². The molecule has 4 nitrogen and oxygen atoms in total. The summed E-state index contributed by atoms with van der Waals surface area (Å²) in [4.78, 5) is 14.4. The van der Waals surface area contributed by atoms with Gasteiger partial charge in [0, 0.05) is 5.56 Å². The molecule has 0 saturated heterocycles. The maximum atomic E-state index is 12.6. The summed E-state index contributed by atoms with van der Waals surface area (Å²) in [6.07, 6.45) is -0.767. The number of ether oxygens (including phenoxy) is 2. The lowest BCUT2D eigenvalue weighted by molar-refractivity contribution is 0.181. The molecule has 0 bridgehead atoms. The molecule has 1 aromatic rings. The van der Waals surface area contributed by atoms with Gasteiger partial charge in [0.15, 0.2) is 0 Å². The van der Waals surface area contributed by atoms with E-state index in [1.807, 2.05) is 0 Å². The second kappa shape index (κ2) is 5.09. The van der Waals surface area contributed by atoms with Crippen LogP contribution in [0.5, 0.6) is 0 Å². The zero-order valence-corrected chi connectivity index (χ0v) is 8.36. The van der Waals surface area contributed by atoms with Gasteiger partial charge < -0.3 is 9.47 Å². The lowest BCUT2D eigenvalue weighted by Crippen LogP contribution is -2.07. The number of methoxy groups -OCH3 is 2. The highest BCUT2D eigenvalue weighted by Gasteiger charge is 2.06. The Kier molecular flexibility index (Phi) is 3.79. The van der Waals surface area contributed by atoms with Crippen molar-refractivity contribution in [2.24, 2.45) is 4.99 Å². The Balaban J connectivity index is 2.97.